The predicted molar refractivity (Wildman–Crippen MR) is 52.7 cm³/mol. The highest BCUT2D eigenvalue weighted by atomic mass is 79.9. The van der Waals surface area contributed by atoms with Crippen LogP contribution in [0, 0.1) is 0 Å². The fourth-order valence-corrected chi connectivity index (χ4v) is 2.47. The van der Waals surface area contributed by atoms with Gasteiger partial charge in [-0.3, -0.25) is 4.79 Å². The summed E-state index contributed by atoms with van der Waals surface area (Å²) in [6.45, 7) is 2.12. The number of methoxy groups -OCH3 is 1. The van der Waals surface area contributed by atoms with Crippen molar-refractivity contribution in [3.05, 3.63) is 20.3 Å². The summed E-state index contributed by atoms with van der Waals surface area (Å²) >= 11 is 4.84. The maximum atomic E-state index is 11.0. The molecule has 0 bridgehead atoms. The maximum absolute atomic E-state index is 11.0. The van der Waals surface area contributed by atoms with Crippen molar-refractivity contribution in [3.8, 4) is 0 Å². The van der Waals surface area contributed by atoms with Crippen LogP contribution in [0.3, 0.4) is 0 Å². The minimum absolute atomic E-state index is 0.100. The van der Waals surface area contributed by atoms with Gasteiger partial charge in [-0.15, -0.1) is 11.3 Å². The van der Waals surface area contributed by atoms with Gasteiger partial charge in [0.05, 0.1) is 11.5 Å². The molecule has 1 aromatic heterocycles. The van der Waals surface area contributed by atoms with E-state index in [0.29, 0.717) is 6.61 Å². The Morgan fingerprint density at radius 1 is 1.75 bits per heavy atom. The molecule has 0 radical (unpaired) electrons. The summed E-state index contributed by atoms with van der Waals surface area (Å²) in [5.74, 6) is 0.100. The van der Waals surface area contributed by atoms with Gasteiger partial charge in [-0.25, -0.2) is 0 Å². The molecule has 1 aromatic rings. The average molecular weight is 249 g/mol. The predicted octanol–water partition coefficient (Wildman–Crippen LogP) is 2.86. The molecule has 1 rings (SSSR count). The monoisotopic (exact) mass is 248 g/mol. The van der Waals surface area contributed by atoms with E-state index in [4.69, 9.17) is 4.74 Å². The van der Waals surface area contributed by atoms with Crippen LogP contribution in [0.25, 0.3) is 0 Å². The van der Waals surface area contributed by atoms with Gasteiger partial charge in [-0.1, -0.05) is 0 Å². The summed E-state index contributed by atoms with van der Waals surface area (Å²) in [5.41, 5.74) is 0. The van der Waals surface area contributed by atoms with Gasteiger partial charge in [0.2, 0.25) is 0 Å². The first-order chi connectivity index (χ1) is 5.65. The lowest BCUT2D eigenvalue weighted by Crippen LogP contribution is -1.84. The quantitative estimate of drug-likeness (QED) is 0.770. The number of ether oxygens (including phenoxy) is 1. The Morgan fingerprint density at radius 2 is 2.42 bits per heavy atom. The Morgan fingerprint density at radius 3 is 2.83 bits per heavy atom. The van der Waals surface area contributed by atoms with Crippen molar-refractivity contribution in [3.63, 3.8) is 0 Å². The van der Waals surface area contributed by atoms with E-state index >= 15 is 0 Å². The molecular formula is C8H9BrO2S. The number of hydrogen-bond donors (Lipinski definition) is 0. The minimum atomic E-state index is 0.100. The van der Waals surface area contributed by atoms with Gasteiger partial charge in [0.15, 0.2) is 5.78 Å². The zero-order valence-corrected chi connectivity index (χ0v) is 9.29. The van der Waals surface area contributed by atoms with Crippen molar-refractivity contribution in [2.75, 3.05) is 7.11 Å². The van der Waals surface area contributed by atoms with Crippen LogP contribution in [0.15, 0.2) is 10.5 Å². The first kappa shape index (κ1) is 9.89. The molecule has 66 valence electrons. The number of carbonyl (C=O) groups excluding carboxylic acids is 1. The van der Waals surface area contributed by atoms with Crippen LogP contribution < -0.4 is 0 Å². The Hall–Kier alpha value is -0.190. The fourth-order valence-electron chi connectivity index (χ4n) is 0.810. The van der Waals surface area contributed by atoms with Gasteiger partial charge >= 0.3 is 0 Å². The molecule has 0 aliphatic heterocycles. The van der Waals surface area contributed by atoms with E-state index in [0.717, 1.165) is 14.2 Å². The second-order valence-corrected chi connectivity index (χ2v) is 4.36. The smallest absolute Gasteiger partial charge is 0.169 e. The summed E-state index contributed by atoms with van der Waals surface area (Å²) in [7, 11) is 1.64. The number of ketones is 1. The second-order valence-electron chi connectivity index (χ2n) is 2.37. The molecule has 4 heteroatoms. The molecule has 0 amide bonds. The topological polar surface area (TPSA) is 26.3 Å². The molecule has 2 nitrogen and oxygen atoms in total. The molecule has 1 heterocycles. The summed E-state index contributed by atoms with van der Waals surface area (Å²) < 4.78 is 5.93. The molecule has 0 unspecified atom stereocenters. The van der Waals surface area contributed by atoms with E-state index in [9.17, 15) is 4.79 Å². The van der Waals surface area contributed by atoms with Gasteiger partial charge in [0.1, 0.15) is 0 Å². The van der Waals surface area contributed by atoms with Crippen molar-refractivity contribution in [2.24, 2.45) is 0 Å². The normalized spacial score (nSPS) is 10.2. The lowest BCUT2D eigenvalue weighted by molar-refractivity contribution is 0.102. The molecule has 0 spiro atoms. The number of rotatable bonds is 3. The van der Waals surface area contributed by atoms with E-state index in [1.54, 1.807) is 14.0 Å². The third-order valence-electron chi connectivity index (χ3n) is 1.38. The van der Waals surface area contributed by atoms with E-state index in [2.05, 4.69) is 15.9 Å². The highest BCUT2D eigenvalue weighted by Gasteiger charge is 2.08. The standard InChI is InChI=1S/C8H9BrO2S/c1-5(10)7-3-6(9)8(12-7)4-11-2/h3H,4H2,1-2H3. The minimum Gasteiger partial charge on any atom is -0.379 e. The van der Waals surface area contributed by atoms with Gasteiger partial charge in [-0.2, -0.15) is 0 Å². The summed E-state index contributed by atoms with van der Waals surface area (Å²) in [5, 5.41) is 0. The molecule has 0 aliphatic carbocycles. The summed E-state index contributed by atoms with van der Waals surface area (Å²) in [4.78, 5) is 12.8. The lowest BCUT2D eigenvalue weighted by atomic mass is 10.3. The second kappa shape index (κ2) is 4.16. The van der Waals surface area contributed by atoms with Crippen molar-refractivity contribution >= 4 is 33.0 Å². The Bertz CT molecular complexity index is 293. The number of hydrogen-bond acceptors (Lipinski definition) is 3. The SMILES string of the molecule is COCc1sc(C(C)=O)cc1Br. The van der Waals surface area contributed by atoms with Gasteiger partial charge < -0.3 is 4.74 Å². The largest absolute Gasteiger partial charge is 0.379 e. The molecule has 12 heavy (non-hydrogen) atoms. The highest BCUT2D eigenvalue weighted by Crippen LogP contribution is 2.28. The van der Waals surface area contributed by atoms with Crippen LogP contribution >= 0.6 is 27.3 Å². The number of halogens is 1. The number of carbonyl (C=O) groups is 1. The first-order valence-electron chi connectivity index (χ1n) is 3.43. The van der Waals surface area contributed by atoms with Gasteiger partial charge in [0, 0.05) is 16.5 Å². The van der Waals surface area contributed by atoms with E-state index in [1.807, 2.05) is 6.07 Å². The van der Waals surface area contributed by atoms with E-state index in [1.165, 1.54) is 11.3 Å². The third-order valence-corrected chi connectivity index (χ3v) is 3.56. The molecule has 0 aliphatic rings. The Labute approximate surface area is 83.7 Å². The van der Waals surface area contributed by atoms with Crippen molar-refractivity contribution in [1.82, 2.24) is 0 Å². The number of thiophene rings is 1. The number of Topliss-reactive ketones (excluding diaryl/α,β-unsaturated/α-hetero) is 1. The molecule has 0 fully saturated rings. The van der Waals surface area contributed by atoms with Crippen LogP contribution in [0.5, 0.6) is 0 Å². The Balaban J connectivity index is 2.92. The third kappa shape index (κ3) is 2.15. The first-order valence-corrected chi connectivity index (χ1v) is 5.04. The Kier molecular flexibility index (Phi) is 3.43. The van der Waals surface area contributed by atoms with Crippen LogP contribution in [0.2, 0.25) is 0 Å². The van der Waals surface area contributed by atoms with Crippen LogP contribution in [-0.4, -0.2) is 12.9 Å². The van der Waals surface area contributed by atoms with E-state index < -0.39 is 0 Å². The average Bonchev–Trinajstić information content (AvgIpc) is 2.34. The molecule has 0 aromatic carbocycles. The highest BCUT2D eigenvalue weighted by molar-refractivity contribution is 9.10. The maximum Gasteiger partial charge on any atom is 0.169 e. The van der Waals surface area contributed by atoms with E-state index in [-0.39, 0.29) is 5.78 Å². The fraction of sp³-hybridized carbons (Fsp3) is 0.375. The lowest BCUT2D eigenvalue weighted by Gasteiger charge is -1.93. The molecular weight excluding hydrogens is 240 g/mol. The molecule has 0 saturated carbocycles. The molecule has 0 N–H and O–H groups in total. The van der Waals surface area contributed by atoms with Crippen molar-refractivity contribution in [2.45, 2.75) is 13.5 Å². The van der Waals surface area contributed by atoms with Crippen molar-refractivity contribution < 1.29 is 9.53 Å². The zero-order valence-electron chi connectivity index (χ0n) is 6.89. The molecule has 0 atom stereocenters. The van der Waals surface area contributed by atoms with Crippen LogP contribution in [0.1, 0.15) is 21.5 Å². The van der Waals surface area contributed by atoms with Crippen LogP contribution in [0.4, 0.5) is 0 Å². The van der Waals surface area contributed by atoms with Gasteiger partial charge in [0.25, 0.3) is 0 Å². The van der Waals surface area contributed by atoms with Crippen LogP contribution in [-0.2, 0) is 11.3 Å². The van der Waals surface area contributed by atoms with Gasteiger partial charge in [-0.05, 0) is 28.9 Å². The summed E-state index contributed by atoms with van der Waals surface area (Å²) in [6.07, 6.45) is 0. The molecule has 0 saturated heterocycles. The van der Waals surface area contributed by atoms with Crippen molar-refractivity contribution in [1.29, 1.82) is 0 Å². The zero-order chi connectivity index (χ0) is 9.14. The summed E-state index contributed by atoms with van der Waals surface area (Å²) in [6, 6.07) is 1.83.